The van der Waals surface area contributed by atoms with Gasteiger partial charge in [-0.05, 0) is 118 Å². The molecule has 184 valence electrons. The Labute approximate surface area is 204 Å². The summed E-state index contributed by atoms with van der Waals surface area (Å²) < 4.78 is 1.94. The number of aliphatic hydroxyl groups is 1. The summed E-state index contributed by atoms with van der Waals surface area (Å²) in [4.78, 5) is 13.7. The molecular weight excluding hydrogens is 420 g/mol. The molecule has 4 nitrogen and oxygen atoms in total. The summed E-state index contributed by atoms with van der Waals surface area (Å²) >= 11 is 0. The van der Waals surface area contributed by atoms with Gasteiger partial charge in [-0.15, -0.1) is 0 Å². The molecule has 6 rings (SSSR count). The first-order valence-electron chi connectivity index (χ1n) is 13.8. The molecule has 4 aliphatic carbocycles. The molecular formula is C30H42N2O2. The molecule has 4 heteroatoms. The number of hydrogen-bond acceptors (Lipinski definition) is 3. The van der Waals surface area contributed by atoms with E-state index in [1.165, 1.54) is 44.1 Å². The molecule has 1 heterocycles. The maximum Gasteiger partial charge on any atom is 0.157 e. The number of ketones is 1. The largest absolute Gasteiger partial charge is 0.390 e. The third-order valence-corrected chi connectivity index (χ3v) is 11.4. The third kappa shape index (κ3) is 3.34. The second kappa shape index (κ2) is 7.66. The quantitative estimate of drug-likeness (QED) is 0.580. The summed E-state index contributed by atoms with van der Waals surface area (Å²) in [5.41, 5.74) is 2.33. The van der Waals surface area contributed by atoms with Crippen molar-refractivity contribution in [3.63, 3.8) is 0 Å². The van der Waals surface area contributed by atoms with E-state index in [2.05, 4.69) is 44.1 Å². The number of aromatic nitrogens is 2. The zero-order valence-corrected chi connectivity index (χ0v) is 21.5. The normalized spacial score (nSPS) is 43.9. The van der Waals surface area contributed by atoms with E-state index < -0.39 is 5.60 Å². The summed E-state index contributed by atoms with van der Waals surface area (Å²) in [6.07, 6.45) is 12.3. The van der Waals surface area contributed by atoms with E-state index in [-0.39, 0.29) is 11.3 Å². The maximum atomic E-state index is 13.7. The monoisotopic (exact) mass is 462 g/mol. The molecule has 0 spiro atoms. The highest BCUT2D eigenvalue weighted by Gasteiger charge is 2.61. The first-order valence-corrected chi connectivity index (χ1v) is 13.8. The molecule has 1 aromatic heterocycles. The molecule has 0 radical (unpaired) electrons. The van der Waals surface area contributed by atoms with Gasteiger partial charge in [0.2, 0.25) is 0 Å². The van der Waals surface area contributed by atoms with Gasteiger partial charge in [0.25, 0.3) is 0 Å². The molecule has 4 saturated carbocycles. The Morgan fingerprint density at radius 2 is 1.82 bits per heavy atom. The molecule has 0 aliphatic heterocycles. The molecule has 1 aromatic carbocycles. The average molecular weight is 463 g/mol. The van der Waals surface area contributed by atoms with Crippen LogP contribution in [-0.2, 0) is 11.3 Å². The van der Waals surface area contributed by atoms with Crippen LogP contribution in [0.15, 0.2) is 24.4 Å². The van der Waals surface area contributed by atoms with Crippen molar-refractivity contribution in [3.8, 4) is 0 Å². The van der Waals surface area contributed by atoms with E-state index in [0.717, 1.165) is 42.0 Å². The zero-order valence-electron chi connectivity index (χ0n) is 21.5. The van der Waals surface area contributed by atoms with E-state index in [1.54, 1.807) is 0 Å². The lowest BCUT2D eigenvalue weighted by molar-refractivity contribution is -0.151. The number of aryl methyl sites for hydroxylation is 1. The van der Waals surface area contributed by atoms with Crippen LogP contribution < -0.4 is 0 Å². The van der Waals surface area contributed by atoms with Gasteiger partial charge in [-0.2, -0.15) is 5.10 Å². The molecule has 34 heavy (non-hydrogen) atoms. The van der Waals surface area contributed by atoms with Crippen molar-refractivity contribution in [2.75, 3.05) is 0 Å². The third-order valence-electron chi connectivity index (χ3n) is 11.4. The first-order chi connectivity index (χ1) is 16.1. The van der Waals surface area contributed by atoms with E-state index >= 15 is 0 Å². The lowest BCUT2D eigenvalue weighted by atomic mass is 9.44. The fraction of sp³-hybridized carbons (Fsp3) is 0.733. The van der Waals surface area contributed by atoms with Gasteiger partial charge >= 0.3 is 0 Å². The van der Waals surface area contributed by atoms with Gasteiger partial charge in [-0.3, -0.25) is 9.48 Å². The Balaban J connectivity index is 1.22. The van der Waals surface area contributed by atoms with Gasteiger partial charge in [-0.25, -0.2) is 0 Å². The van der Waals surface area contributed by atoms with Crippen LogP contribution in [0.2, 0.25) is 0 Å². The minimum atomic E-state index is -0.472. The molecule has 4 aliphatic rings. The van der Waals surface area contributed by atoms with E-state index in [4.69, 9.17) is 0 Å². The van der Waals surface area contributed by atoms with Gasteiger partial charge < -0.3 is 5.11 Å². The topological polar surface area (TPSA) is 55.1 Å². The lowest BCUT2D eigenvalue weighted by Crippen LogP contribution is -2.55. The SMILES string of the molecule is Cc1ccc2cnn(CC(=O)[C@H]3CC[C@H]4[C@@H]5CC[C@H]6C[C@](C)(O)CC[C@]6(C)[C@H]5CC[C@]34C)c2c1. The number of Topliss-reactive ketones (excluding diaryl/α,β-unsaturated/α-hetero) is 1. The van der Waals surface area contributed by atoms with Crippen LogP contribution in [0.25, 0.3) is 10.9 Å². The molecule has 0 amide bonds. The molecule has 2 aromatic rings. The standard InChI is InChI=1S/C30H42N2O2/c1-19-5-6-20-17-31-32(26(20)15-19)18-27(33)25-10-9-23-22-8-7-21-16-28(2,34)13-14-29(21,3)24(22)11-12-30(23,25)4/h5-6,15,17,21-25,34H,7-14,16,18H2,1-4H3/t21-,22-,23-,24-,25+,28+,29-,30-/m0/s1. The van der Waals surface area contributed by atoms with Crippen LogP contribution in [0.4, 0.5) is 0 Å². The Bertz CT molecular complexity index is 1120. The molecule has 1 N–H and O–H groups in total. The molecule has 4 fully saturated rings. The maximum absolute atomic E-state index is 13.7. The summed E-state index contributed by atoms with van der Waals surface area (Å²) in [6, 6.07) is 6.37. The van der Waals surface area contributed by atoms with Gasteiger partial charge in [0, 0.05) is 11.3 Å². The predicted octanol–water partition coefficient (Wildman–Crippen LogP) is 6.32. The number of fused-ring (bicyclic) bond motifs is 6. The Morgan fingerprint density at radius 1 is 1.03 bits per heavy atom. The molecule has 8 atom stereocenters. The molecule has 0 bridgehead atoms. The van der Waals surface area contributed by atoms with Crippen LogP contribution in [0, 0.1) is 47.3 Å². The number of carbonyl (C=O) groups excluding carboxylic acids is 1. The minimum absolute atomic E-state index is 0.139. The highest BCUT2D eigenvalue weighted by molar-refractivity contribution is 5.85. The fourth-order valence-corrected chi connectivity index (χ4v) is 9.52. The van der Waals surface area contributed by atoms with E-state index in [9.17, 15) is 9.90 Å². The highest BCUT2D eigenvalue weighted by Crippen LogP contribution is 2.68. The van der Waals surface area contributed by atoms with Gasteiger partial charge in [0.05, 0.1) is 17.3 Å². The lowest BCUT2D eigenvalue weighted by Gasteiger charge is -2.61. The van der Waals surface area contributed by atoms with Crippen LogP contribution >= 0.6 is 0 Å². The van der Waals surface area contributed by atoms with Gasteiger partial charge in [0.1, 0.15) is 6.54 Å². The summed E-state index contributed by atoms with van der Waals surface area (Å²) in [6.45, 7) is 9.56. The Hall–Kier alpha value is -1.68. The highest BCUT2D eigenvalue weighted by atomic mass is 16.3. The smallest absolute Gasteiger partial charge is 0.157 e. The zero-order chi connectivity index (χ0) is 23.9. The fourth-order valence-electron chi connectivity index (χ4n) is 9.52. The number of carbonyl (C=O) groups is 1. The van der Waals surface area contributed by atoms with Crippen molar-refractivity contribution < 1.29 is 9.90 Å². The number of rotatable bonds is 3. The molecule has 0 unspecified atom stereocenters. The van der Waals surface area contributed by atoms with E-state index in [0.29, 0.717) is 29.6 Å². The van der Waals surface area contributed by atoms with Crippen LogP contribution in [0.5, 0.6) is 0 Å². The van der Waals surface area contributed by atoms with Crippen molar-refractivity contribution in [2.45, 2.75) is 97.6 Å². The van der Waals surface area contributed by atoms with Crippen molar-refractivity contribution in [1.29, 1.82) is 0 Å². The summed E-state index contributed by atoms with van der Waals surface area (Å²) in [5.74, 6) is 3.43. The second-order valence-electron chi connectivity index (χ2n) is 13.4. The Morgan fingerprint density at radius 3 is 2.65 bits per heavy atom. The number of hydrogen-bond donors (Lipinski definition) is 1. The van der Waals surface area contributed by atoms with Crippen LogP contribution in [0.3, 0.4) is 0 Å². The van der Waals surface area contributed by atoms with Crippen LogP contribution in [0.1, 0.15) is 84.1 Å². The number of nitrogens with zero attached hydrogens (tertiary/aromatic N) is 2. The van der Waals surface area contributed by atoms with Gasteiger partial charge in [0.15, 0.2) is 5.78 Å². The van der Waals surface area contributed by atoms with Crippen LogP contribution in [-0.4, -0.2) is 26.3 Å². The van der Waals surface area contributed by atoms with Crippen molar-refractivity contribution >= 4 is 16.7 Å². The second-order valence-corrected chi connectivity index (χ2v) is 13.4. The predicted molar refractivity (Wildman–Crippen MR) is 135 cm³/mol. The summed E-state index contributed by atoms with van der Waals surface area (Å²) in [5, 5.41) is 16.5. The van der Waals surface area contributed by atoms with Gasteiger partial charge in [-0.1, -0.05) is 26.0 Å². The average Bonchev–Trinajstić information content (AvgIpc) is 3.34. The number of benzene rings is 1. The van der Waals surface area contributed by atoms with Crippen molar-refractivity contribution in [2.24, 2.45) is 40.4 Å². The molecule has 0 saturated heterocycles. The first kappa shape index (κ1) is 22.8. The summed E-state index contributed by atoms with van der Waals surface area (Å²) in [7, 11) is 0. The van der Waals surface area contributed by atoms with Crippen molar-refractivity contribution in [3.05, 3.63) is 30.0 Å². The van der Waals surface area contributed by atoms with Crippen molar-refractivity contribution in [1.82, 2.24) is 9.78 Å². The minimum Gasteiger partial charge on any atom is -0.390 e. The van der Waals surface area contributed by atoms with E-state index in [1.807, 2.05) is 17.8 Å². The Kier molecular flexibility index (Phi) is 5.13.